The number of ether oxygens (including phenoxy) is 1. The largest absolute Gasteiger partial charge is 0.385 e. The second-order valence-corrected chi connectivity index (χ2v) is 5.88. The maximum atomic E-state index is 14.1. The summed E-state index contributed by atoms with van der Waals surface area (Å²) < 4.78 is 54.9. The first-order valence-corrected chi connectivity index (χ1v) is 7.50. The zero-order valence-electron chi connectivity index (χ0n) is 11.6. The Kier molecular flexibility index (Phi) is 5.76. The van der Waals surface area contributed by atoms with Gasteiger partial charge in [-0.1, -0.05) is 0 Å². The maximum Gasteiger partial charge on any atom is 0.259 e. The predicted molar refractivity (Wildman–Crippen MR) is 71.2 cm³/mol. The zero-order valence-corrected chi connectivity index (χ0v) is 12.4. The van der Waals surface area contributed by atoms with E-state index in [4.69, 9.17) is 9.88 Å². The third kappa shape index (κ3) is 4.19. The minimum absolute atomic E-state index is 0.200. The molecule has 0 spiro atoms. The first-order chi connectivity index (χ1) is 9.70. The number of hydrogen-bond acceptors (Lipinski definition) is 4. The highest BCUT2D eigenvalue weighted by Crippen LogP contribution is 2.21. The van der Waals surface area contributed by atoms with Crippen LogP contribution < -0.4 is 5.14 Å². The Morgan fingerprint density at radius 1 is 1.38 bits per heavy atom. The van der Waals surface area contributed by atoms with Gasteiger partial charge in [-0.2, -0.15) is 0 Å². The quantitative estimate of drug-likeness (QED) is 0.782. The van der Waals surface area contributed by atoms with E-state index in [9.17, 15) is 22.0 Å². The molecule has 0 unspecified atom stereocenters. The number of carbonyl (C=O) groups is 1. The molecule has 0 heterocycles. The van der Waals surface area contributed by atoms with Crippen LogP contribution in [-0.4, -0.2) is 46.5 Å². The number of nitrogens with zero attached hydrogens (tertiary/aromatic N) is 1. The van der Waals surface area contributed by atoms with E-state index in [0.29, 0.717) is 25.2 Å². The van der Waals surface area contributed by atoms with Gasteiger partial charge in [0.1, 0.15) is 16.3 Å². The summed E-state index contributed by atoms with van der Waals surface area (Å²) >= 11 is 0. The summed E-state index contributed by atoms with van der Waals surface area (Å²) in [6, 6.07) is 1.38. The molecule has 0 saturated carbocycles. The molecule has 0 aliphatic heterocycles. The van der Waals surface area contributed by atoms with E-state index in [1.807, 2.05) is 0 Å². The summed E-state index contributed by atoms with van der Waals surface area (Å²) in [6.07, 6.45) is 0.469. The lowest BCUT2D eigenvalue weighted by Crippen LogP contribution is -2.30. The number of methoxy groups -OCH3 is 1. The molecule has 21 heavy (non-hydrogen) atoms. The molecule has 0 aliphatic rings. The molecule has 0 atom stereocenters. The fourth-order valence-corrected chi connectivity index (χ4v) is 2.30. The average molecular weight is 322 g/mol. The van der Waals surface area contributed by atoms with Crippen molar-refractivity contribution in [3.63, 3.8) is 0 Å². The van der Waals surface area contributed by atoms with Gasteiger partial charge in [0.05, 0.1) is 0 Å². The molecule has 0 bridgehead atoms. The van der Waals surface area contributed by atoms with E-state index in [2.05, 4.69) is 0 Å². The van der Waals surface area contributed by atoms with Crippen molar-refractivity contribution in [3.8, 4) is 0 Å². The van der Waals surface area contributed by atoms with Gasteiger partial charge in [-0.3, -0.25) is 4.79 Å². The number of benzene rings is 1. The van der Waals surface area contributed by atoms with Gasteiger partial charge >= 0.3 is 0 Å². The van der Waals surface area contributed by atoms with E-state index in [1.54, 1.807) is 0 Å². The molecule has 118 valence electrons. The molecule has 2 N–H and O–H groups in total. The average Bonchev–Trinajstić information content (AvgIpc) is 2.37. The first-order valence-electron chi connectivity index (χ1n) is 5.95. The standard InChI is InChI=1S/C12H16F2N2O4S/c1-16(6-3-7-20-2)12(17)10-8(13)4-5-9(11(10)14)21(15,18)19/h4-5H,3,6-7H2,1-2H3,(H2,15,18,19). The van der Waals surface area contributed by atoms with Gasteiger partial charge in [0.2, 0.25) is 10.0 Å². The highest BCUT2D eigenvalue weighted by atomic mass is 32.2. The fraction of sp³-hybridized carbons (Fsp3) is 0.417. The molecule has 1 aromatic carbocycles. The molecule has 0 aromatic heterocycles. The molecular formula is C12H16F2N2O4S. The number of nitrogens with two attached hydrogens (primary N) is 1. The Balaban J connectivity index is 3.15. The fourth-order valence-electron chi connectivity index (χ4n) is 1.69. The number of hydrogen-bond donors (Lipinski definition) is 1. The van der Waals surface area contributed by atoms with Crippen LogP contribution in [0, 0.1) is 11.6 Å². The number of carbonyl (C=O) groups excluding carboxylic acids is 1. The molecule has 1 aromatic rings. The van der Waals surface area contributed by atoms with Crippen molar-refractivity contribution in [2.45, 2.75) is 11.3 Å². The van der Waals surface area contributed by atoms with Crippen LogP contribution in [0.2, 0.25) is 0 Å². The van der Waals surface area contributed by atoms with Crippen molar-refractivity contribution >= 4 is 15.9 Å². The van der Waals surface area contributed by atoms with Crippen LogP contribution in [0.15, 0.2) is 17.0 Å². The van der Waals surface area contributed by atoms with Crippen LogP contribution >= 0.6 is 0 Å². The summed E-state index contributed by atoms with van der Waals surface area (Å²) in [5, 5.41) is 4.82. The lowest BCUT2D eigenvalue weighted by Gasteiger charge is -2.18. The number of halogens is 2. The van der Waals surface area contributed by atoms with Crippen molar-refractivity contribution in [3.05, 3.63) is 29.3 Å². The third-order valence-corrected chi connectivity index (χ3v) is 3.69. The van der Waals surface area contributed by atoms with Crippen LogP contribution in [-0.2, 0) is 14.8 Å². The molecular weight excluding hydrogens is 306 g/mol. The highest BCUT2D eigenvalue weighted by molar-refractivity contribution is 7.89. The van der Waals surface area contributed by atoms with Gasteiger partial charge < -0.3 is 9.64 Å². The number of primary sulfonamides is 1. The van der Waals surface area contributed by atoms with E-state index >= 15 is 0 Å². The highest BCUT2D eigenvalue weighted by Gasteiger charge is 2.26. The van der Waals surface area contributed by atoms with Gasteiger partial charge in [-0.15, -0.1) is 0 Å². The molecule has 0 radical (unpaired) electrons. The van der Waals surface area contributed by atoms with E-state index in [-0.39, 0.29) is 6.54 Å². The van der Waals surface area contributed by atoms with E-state index < -0.39 is 38.0 Å². The van der Waals surface area contributed by atoms with Crippen molar-refractivity contribution in [1.82, 2.24) is 4.90 Å². The van der Waals surface area contributed by atoms with Gasteiger partial charge in [0, 0.05) is 27.3 Å². The minimum Gasteiger partial charge on any atom is -0.385 e. The molecule has 9 heteroatoms. The van der Waals surface area contributed by atoms with Crippen molar-refractivity contribution in [1.29, 1.82) is 0 Å². The molecule has 1 rings (SSSR count). The third-order valence-electron chi connectivity index (χ3n) is 2.76. The first kappa shape index (κ1) is 17.5. The summed E-state index contributed by atoms with van der Waals surface area (Å²) in [7, 11) is -1.55. The number of sulfonamides is 1. The van der Waals surface area contributed by atoms with Gasteiger partial charge in [-0.25, -0.2) is 22.3 Å². The van der Waals surface area contributed by atoms with E-state index in [0.717, 1.165) is 4.90 Å². The number of rotatable bonds is 6. The smallest absolute Gasteiger partial charge is 0.259 e. The van der Waals surface area contributed by atoms with Crippen LogP contribution in [0.4, 0.5) is 8.78 Å². The van der Waals surface area contributed by atoms with Gasteiger partial charge in [0.25, 0.3) is 5.91 Å². The lowest BCUT2D eigenvalue weighted by atomic mass is 10.1. The van der Waals surface area contributed by atoms with Crippen molar-refractivity contribution < 1.29 is 26.7 Å². The summed E-state index contributed by atoms with van der Waals surface area (Å²) in [6.45, 7) is 0.574. The van der Waals surface area contributed by atoms with Crippen LogP contribution in [0.25, 0.3) is 0 Å². The second kappa shape index (κ2) is 6.92. The normalized spacial score (nSPS) is 11.5. The minimum atomic E-state index is -4.39. The van der Waals surface area contributed by atoms with Crippen LogP contribution in [0.1, 0.15) is 16.8 Å². The van der Waals surface area contributed by atoms with Crippen LogP contribution in [0.3, 0.4) is 0 Å². The Hall–Kier alpha value is -1.58. The Bertz CT molecular complexity index is 634. The number of amides is 1. The lowest BCUT2D eigenvalue weighted by molar-refractivity contribution is 0.0769. The molecule has 1 amide bonds. The monoisotopic (exact) mass is 322 g/mol. The predicted octanol–water partition coefficient (Wildman–Crippen LogP) is 0.721. The van der Waals surface area contributed by atoms with Gasteiger partial charge in [0.15, 0.2) is 5.82 Å². The Morgan fingerprint density at radius 3 is 2.52 bits per heavy atom. The zero-order chi connectivity index (χ0) is 16.2. The van der Waals surface area contributed by atoms with Crippen LogP contribution in [0.5, 0.6) is 0 Å². The van der Waals surface area contributed by atoms with Crippen molar-refractivity contribution in [2.75, 3.05) is 27.3 Å². The van der Waals surface area contributed by atoms with Crippen molar-refractivity contribution in [2.24, 2.45) is 5.14 Å². The second-order valence-electron chi connectivity index (χ2n) is 4.35. The molecule has 6 nitrogen and oxygen atoms in total. The molecule has 0 fully saturated rings. The topological polar surface area (TPSA) is 89.7 Å². The molecule has 0 saturated heterocycles. The summed E-state index contributed by atoms with van der Waals surface area (Å²) in [5.74, 6) is -3.60. The van der Waals surface area contributed by atoms with Gasteiger partial charge in [-0.05, 0) is 18.6 Å². The maximum absolute atomic E-state index is 14.1. The summed E-state index contributed by atoms with van der Waals surface area (Å²) in [5.41, 5.74) is -0.943. The molecule has 0 aliphatic carbocycles. The van der Waals surface area contributed by atoms with E-state index in [1.165, 1.54) is 14.2 Å². The SMILES string of the molecule is COCCCN(C)C(=O)c1c(F)ccc(S(N)(=O)=O)c1F. The Morgan fingerprint density at radius 2 is 2.00 bits per heavy atom. The summed E-state index contributed by atoms with van der Waals surface area (Å²) in [4.78, 5) is 12.2. The Labute approximate surface area is 121 Å².